The Morgan fingerprint density at radius 2 is 1.42 bits per heavy atom. The number of fused-ring (bicyclic) bond motifs is 1. The van der Waals surface area contributed by atoms with Crippen LogP contribution in [-0.4, -0.2) is 4.98 Å². The van der Waals surface area contributed by atoms with Gasteiger partial charge in [0, 0.05) is 16.5 Å². The van der Waals surface area contributed by atoms with Gasteiger partial charge in [0.1, 0.15) is 17.6 Å². The molecule has 4 aromatic rings. The van der Waals surface area contributed by atoms with Gasteiger partial charge in [0.2, 0.25) is 0 Å². The van der Waals surface area contributed by atoms with Gasteiger partial charge >= 0.3 is 0 Å². The molecular formula is C23H15FN2. The van der Waals surface area contributed by atoms with E-state index in [2.05, 4.69) is 11.1 Å². The minimum atomic E-state index is -0.296. The van der Waals surface area contributed by atoms with E-state index < -0.39 is 0 Å². The number of aryl methyl sites for hydroxylation is 1. The molecule has 0 amide bonds. The number of pyridine rings is 1. The molecule has 0 N–H and O–H groups in total. The summed E-state index contributed by atoms with van der Waals surface area (Å²) in [4.78, 5) is 4.63. The normalized spacial score (nSPS) is 10.7. The van der Waals surface area contributed by atoms with Crippen LogP contribution >= 0.6 is 0 Å². The Hall–Kier alpha value is -3.51. The van der Waals surface area contributed by atoms with Gasteiger partial charge in [0.05, 0.1) is 5.69 Å². The first-order valence-corrected chi connectivity index (χ1v) is 8.33. The molecule has 0 saturated carbocycles. The first-order valence-electron chi connectivity index (χ1n) is 8.33. The third kappa shape index (κ3) is 2.72. The molecule has 124 valence electrons. The largest absolute Gasteiger partial charge is 0.236 e. The molecule has 0 fully saturated rings. The summed E-state index contributed by atoms with van der Waals surface area (Å²) in [5, 5.41) is 11.6. The SMILES string of the molecule is Cc1ccc(-c2c(C#N)nc(-c3ccc(F)cc3)c3ccccc23)cc1. The van der Waals surface area contributed by atoms with Crippen molar-refractivity contribution in [3.05, 3.63) is 89.9 Å². The number of benzene rings is 3. The second-order valence-electron chi connectivity index (χ2n) is 6.21. The van der Waals surface area contributed by atoms with Crippen molar-refractivity contribution in [3.8, 4) is 28.5 Å². The van der Waals surface area contributed by atoms with Crippen LogP contribution in [0.4, 0.5) is 4.39 Å². The van der Waals surface area contributed by atoms with E-state index in [1.165, 1.54) is 12.1 Å². The van der Waals surface area contributed by atoms with Gasteiger partial charge in [0.25, 0.3) is 0 Å². The molecule has 0 bridgehead atoms. The first kappa shape index (κ1) is 16.0. The van der Waals surface area contributed by atoms with Crippen molar-refractivity contribution in [1.29, 1.82) is 5.26 Å². The number of hydrogen-bond acceptors (Lipinski definition) is 2. The minimum absolute atomic E-state index is 0.296. The summed E-state index contributed by atoms with van der Waals surface area (Å²) < 4.78 is 13.3. The smallest absolute Gasteiger partial charge is 0.149 e. The van der Waals surface area contributed by atoms with Gasteiger partial charge in [-0.25, -0.2) is 9.37 Å². The maximum absolute atomic E-state index is 13.3. The second kappa shape index (κ2) is 6.42. The first-order chi connectivity index (χ1) is 12.7. The summed E-state index contributed by atoms with van der Waals surface area (Å²) in [6.07, 6.45) is 0. The summed E-state index contributed by atoms with van der Waals surface area (Å²) in [7, 11) is 0. The molecule has 0 aliphatic rings. The molecule has 3 aromatic carbocycles. The molecule has 4 rings (SSSR count). The van der Waals surface area contributed by atoms with E-state index in [1.807, 2.05) is 55.5 Å². The fourth-order valence-corrected chi connectivity index (χ4v) is 3.18. The molecule has 3 heteroatoms. The molecule has 0 atom stereocenters. The van der Waals surface area contributed by atoms with Crippen molar-refractivity contribution in [3.63, 3.8) is 0 Å². The molecule has 0 aliphatic heterocycles. The highest BCUT2D eigenvalue weighted by Crippen LogP contribution is 2.36. The third-order valence-corrected chi connectivity index (χ3v) is 4.48. The van der Waals surface area contributed by atoms with Crippen LogP contribution in [0.15, 0.2) is 72.8 Å². The molecule has 0 radical (unpaired) electrons. The molecular weight excluding hydrogens is 323 g/mol. The predicted octanol–water partition coefficient (Wildman–Crippen LogP) is 5.89. The maximum atomic E-state index is 13.3. The van der Waals surface area contributed by atoms with Gasteiger partial charge in [-0.05, 0) is 42.1 Å². The number of nitrogens with zero attached hydrogens (tertiary/aromatic N) is 2. The van der Waals surface area contributed by atoms with E-state index in [9.17, 15) is 9.65 Å². The van der Waals surface area contributed by atoms with Crippen molar-refractivity contribution >= 4 is 10.8 Å². The number of aromatic nitrogens is 1. The topological polar surface area (TPSA) is 36.7 Å². The summed E-state index contributed by atoms with van der Waals surface area (Å²) >= 11 is 0. The van der Waals surface area contributed by atoms with E-state index >= 15 is 0 Å². The van der Waals surface area contributed by atoms with E-state index in [0.29, 0.717) is 11.4 Å². The average Bonchev–Trinajstić information content (AvgIpc) is 2.68. The van der Waals surface area contributed by atoms with Gasteiger partial charge in [-0.15, -0.1) is 0 Å². The lowest BCUT2D eigenvalue weighted by Gasteiger charge is -2.13. The van der Waals surface area contributed by atoms with Gasteiger partial charge in [0.15, 0.2) is 0 Å². The van der Waals surface area contributed by atoms with E-state index in [1.54, 1.807) is 12.1 Å². The number of hydrogen-bond donors (Lipinski definition) is 0. The molecule has 0 aliphatic carbocycles. The van der Waals surface area contributed by atoms with Crippen molar-refractivity contribution in [2.24, 2.45) is 0 Å². The van der Waals surface area contributed by atoms with Gasteiger partial charge in [-0.3, -0.25) is 0 Å². The van der Waals surface area contributed by atoms with E-state index in [0.717, 1.165) is 33.0 Å². The van der Waals surface area contributed by atoms with Crippen molar-refractivity contribution in [2.75, 3.05) is 0 Å². The highest BCUT2D eigenvalue weighted by molar-refractivity contribution is 6.04. The molecule has 0 saturated heterocycles. The summed E-state index contributed by atoms with van der Waals surface area (Å²) in [6.45, 7) is 2.03. The maximum Gasteiger partial charge on any atom is 0.149 e. The quantitative estimate of drug-likeness (QED) is 0.457. The second-order valence-corrected chi connectivity index (χ2v) is 6.21. The van der Waals surface area contributed by atoms with Crippen LogP contribution in [0.2, 0.25) is 0 Å². The molecule has 0 unspecified atom stereocenters. The Morgan fingerprint density at radius 3 is 2.08 bits per heavy atom. The fraction of sp³-hybridized carbons (Fsp3) is 0.0435. The monoisotopic (exact) mass is 338 g/mol. The molecule has 2 nitrogen and oxygen atoms in total. The van der Waals surface area contributed by atoms with Crippen molar-refractivity contribution < 1.29 is 4.39 Å². The highest BCUT2D eigenvalue weighted by atomic mass is 19.1. The van der Waals surface area contributed by atoms with Crippen LogP contribution in [0.1, 0.15) is 11.3 Å². The Balaban J connectivity index is 2.06. The Kier molecular flexibility index (Phi) is 3.95. The van der Waals surface area contributed by atoms with E-state index in [-0.39, 0.29) is 5.82 Å². The average molecular weight is 338 g/mol. The van der Waals surface area contributed by atoms with Crippen LogP contribution in [0.5, 0.6) is 0 Å². The number of rotatable bonds is 2. The molecule has 1 heterocycles. The van der Waals surface area contributed by atoms with Gasteiger partial charge in [-0.2, -0.15) is 5.26 Å². The van der Waals surface area contributed by atoms with Crippen LogP contribution in [0.3, 0.4) is 0 Å². The lowest BCUT2D eigenvalue weighted by Crippen LogP contribution is -1.96. The molecule has 26 heavy (non-hydrogen) atoms. The zero-order chi connectivity index (χ0) is 18.1. The fourth-order valence-electron chi connectivity index (χ4n) is 3.18. The molecule has 1 aromatic heterocycles. The lowest BCUT2D eigenvalue weighted by atomic mass is 9.94. The highest BCUT2D eigenvalue weighted by Gasteiger charge is 2.16. The van der Waals surface area contributed by atoms with Crippen molar-refractivity contribution in [1.82, 2.24) is 4.98 Å². The van der Waals surface area contributed by atoms with E-state index in [4.69, 9.17) is 0 Å². The van der Waals surface area contributed by atoms with Crippen LogP contribution < -0.4 is 0 Å². The van der Waals surface area contributed by atoms with Crippen molar-refractivity contribution in [2.45, 2.75) is 6.92 Å². The summed E-state index contributed by atoms with van der Waals surface area (Å²) in [6, 6.07) is 24.4. The predicted molar refractivity (Wildman–Crippen MR) is 102 cm³/mol. The number of nitriles is 1. The zero-order valence-corrected chi connectivity index (χ0v) is 14.2. The Labute approximate surface area is 151 Å². The van der Waals surface area contributed by atoms with Gasteiger partial charge < -0.3 is 0 Å². The molecule has 0 spiro atoms. The van der Waals surface area contributed by atoms with Crippen LogP contribution in [0, 0.1) is 24.1 Å². The Bertz CT molecular complexity index is 1140. The standard InChI is InChI=1S/C23H15FN2/c1-15-6-8-16(9-7-15)22-19-4-2-3-5-20(19)23(26-21(22)14-25)17-10-12-18(24)13-11-17/h2-13H,1H3. The van der Waals surface area contributed by atoms with Gasteiger partial charge in [-0.1, -0.05) is 54.1 Å². The zero-order valence-electron chi connectivity index (χ0n) is 14.2. The van der Waals surface area contributed by atoms with Crippen LogP contribution in [-0.2, 0) is 0 Å². The third-order valence-electron chi connectivity index (χ3n) is 4.48. The minimum Gasteiger partial charge on any atom is -0.236 e. The Morgan fingerprint density at radius 1 is 0.808 bits per heavy atom. The number of halogens is 1. The summed E-state index contributed by atoms with van der Waals surface area (Å²) in [5.74, 6) is -0.296. The van der Waals surface area contributed by atoms with Crippen LogP contribution in [0.25, 0.3) is 33.2 Å². The lowest BCUT2D eigenvalue weighted by molar-refractivity contribution is 0.628. The summed E-state index contributed by atoms with van der Waals surface area (Å²) in [5.41, 5.74) is 4.79.